The van der Waals surface area contributed by atoms with Crippen molar-refractivity contribution in [2.75, 3.05) is 0 Å². The maximum atomic E-state index is 9.51. The Kier molecular flexibility index (Phi) is 8.24. The standard InChI is InChI=1S/C4H6O2.Li/c1-2-3-4(5)6;/h2-3H,1H3,(H,5,6);/b3-2+;. The minimum atomic E-state index is -0.891. The normalized spacial score (nSPS) is 8.14. The summed E-state index contributed by atoms with van der Waals surface area (Å²) in [5.41, 5.74) is 0. The maximum absolute atomic E-state index is 9.51. The van der Waals surface area contributed by atoms with Crippen LogP contribution in [-0.2, 0) is 4.79 Å². The SMILES string of the molecule is C/C=C/C(=O)O.[Li]. The molecule has 0 aromatic rings. The molecule has 0 aromatic carbocycles. The second-order valence-electron chi connectivity index (χ2n) is 0.838. The van der Waals surface area contributed by atoms with E-state index < -0.39 is 5.97 Å². The van der Waals surface area contributed by atoms with Crippen LogP contribution in [0.3, 0.4) is 0 Å². The first-order valence-electron chi connectivity index (χ1n) is 1.63. The van der Waals surface area contributed by atoms with Gasteiger partial charge in [-0.05, 0) is 6.92 Å². The zero-order valence-electron chi connectivity index (χ0n) is 4.51. The molecule has 7 heavy (non-hydrogen) atoms. The largest absolute Gasteiger partial charge is 0.478 e. The van der Waals surface area contributed by atoms with Crippen molar-refractivity contribution in [2.24, 2.45) is 0 Å². The third-order valence-electron chi connectivity index (χ3n) is 0.309. The van der Waals surface area contributed by atoms with Crippen LogP contribution in [0.15, 0.2) is 12.2 Å². The first-order valence-corrected chi connectivity index (χ1v) is 1.63. The molecule has 0 aromatic heterocycles. The third kappa shape index (κ3) is 10.7. The molecule has 3 heteroatoms. The summed E-state index contributed by atoms with van der Waals surface area (Å²) in [6, 6.07) is 0. The first kappa shape index (κ1) is 9.93. The molecule has 0 unspecified atom stereocenters. The van der Waals surface area contributed by atoms with Gasteiger partial charge in [0.1, 0.15) is 0 Å². The van der Waals surface area contributed by atoms with Crippen LogP contribution < -0.4 is 0 Å². The molecule has 0 saturated carbocycles. The van der Waals surface area contributed by atoms with Crippen LogP contribution in [-0.4, -0.2) is 29.9 Å². The van der Waals surface area contributed by atoms with E-state index in [0.29, 0.717) is 0 Å². The predicted octanol–water partition coefficient (Wildman–Crippen LogP) is 0.266. The Balaban J connectivity index is 0. The summed E-state index contributed by atoms with van der Waals surface area (Å²) in [5, 5.41) is 7.83. The summed E-state index contributed by atoms with van der Waals surface area (Å²) in [5.74, 6) is -0.891. The number of carboxylic acid groups (broad SMARTS) is 1. The topological polar surface area (TPSA) is 37.3 Å². The fourth-order valence-corrected chi connectivity index (χ4v) is 0.143. The molecule has 0 saturated heterocycles. The number of hydrogen-bond acceptors (Lipinski definition) is 1. The van der Waals surface area contributed by atoms with Crippen molar-refractivity contribution in [1.29, 1.82) is 0 Å². The minimum Gasteiger partial charge on any atom is -0.478 e. The summed E-state index contributed by atoms with van der Waals surface area (Å²) < 4.78 is 0. The van der Waals surface area contributed by atoms with E-state index in [4.69, 9.17) is 5.11 Å². The van der Waals surface area contributed by atoms with E-state index in [1.54, 1.807) is 6.92 Å². The van der Waals surface area contributed by atoms with Gasteiger partial charge in [-0.25, -0.2) is 4.79 Å². The Hall–Kier alpha value is -0.193. The zero-order valence-corrected chi connectivity index (χ0v) is 4.51. The van der Waals surface area contributed by atoms with E-state index in [-0.39, 0.29) is 18.9 Å². The summed E-state index contributed by atoms with van der Waals surface area (Å²) in [6.07, 6.45) is 2.56. The molecule has 0 heterocycles. The molecule has 35 valence electrons. The maximum Gasteiger partial charge on any atom is 0.327 e. The molecular weight excluding hydrogens is 87.0 g/mol. The quantitative estimate of drug-likeness (QED) is 0.373. The van der Waals surface area contributed by atoms with Gasteiger partial charge < -0.3 is 5.11 Å². The Labute approximate surface area is 54.4 Å². The van der Waals surface area contributed by atoms with Crippen LogP contribution in [0.1, 0.15) is 6.92 Å². The smallest absolute Gasteiger partial charge is 0.327 e. The molecule has 0 rings (SSSR count). The van der Waals surface area contributed by atoms with Gasteiger partial charge in [0, 0.05) is 24.9 Å². The molecule has 1 N–H and O–H groups in total. The van der Waals surface area contributed by atoms with Gasteiger partial charge in [-0.2, -0.15) is 0 Å². The number of hydrogen-bond donors (Lipinski definition) is 1. The van der Waals surface area contributed by atoms with Gasteiger partial charge in [-0.15, -0.1) is 0 Å². The summed E-state index contributed by atoms with van der Waals surface area (Å²) in [4.78, 5) is 9.51. The summed E-state index contributed by atoms with van der Waals surface area (Å²) >= 11 is 0. The van der Waals surface area contributed by atoms with Gasteiger partial charge in [-0.1, -0.05) is 6.08 Å². The molecule has 0 spiro atoms. The van der Waals surface area contributed by atoms with E-state index in [9.17, 15) is 4.79 Å². The van der Waals surface area contributed by atoms with Crippen molar-refractivity contribution in [3.63, 3.8) is 0 Å². The van der Waals surface area contributed by atoms with Gasteiger partial charge >= 0.3 is 5.97 Å². The van der Waals surface area contributed by atoms with Crippen LogP contribution >= 0.6 is 0 Å². The molecule has 0 fully saturated rings. The number of carboxylic acids is 1. The average Bonchev–Trinajstić information content (AvgIpc) is 1.35. The number of aliphatic carboxylic acids is 1. The number of rotatable bonds is 1. The van der Waals surface area contributed by atoms with E-state index >= 15 is 0 Å². The zero-order chi connectivity index (χ0) is 4.99. The molecule has 0 aliphatic heterocycles. The Morgan fingerprint density at radius 1 is 1.71 bits per heavy atom. The third-order valence-corrected chi connectivity index (χ3v) is 0.309. The van der Waals surface area contributed by atoms with Gasteiger partial charge in [-0.3, -0.25) is 0 Å². The average molecular weight is 93.0 g/mol. The summed E-state index contributed by atoms with van der Waals surface area (Å²) in [7, 11) is 0. The minimum absolute atomic E-state index is 0. The molecule has 1 radical (unpaired) electrons. The molecule has 0 amide bonds. The van der Waals surface area contributed by atoms with Gasteiger partial charge in [0.25, 0.3) is 0 Å². The van der Waals surface area contributed by atoms with Crippen molar-refractivity contribution < 1.29 is 9.90 Å². The monoisotopic (exact) mass is 93.1 g/mol. The van der Waals surface area contributed by atoms with Crippen LogP contribution in [0, 0.1) is 0 Å². The van der Waals surface area contributed by atoms with Crippen molar-refractivity contribution in [3.05, 3.63) is 12.2 Å². The van der Waals surface area contributed by atoms with Crippen molar-refractivity contribution >= 4 is 24.8 Å². The van der Waals surface area contributed by atoms with E-state index in [1.807, 2.05) is 0 Å². The van der Waals surface area contributed by atoms with Crippen molar-refractivity contribution in [3.8, 4) is 0 Å². The molecule has 0 bridgehead atoms. The molecular formula is C4H6LiO2. The molecule has 2 nitrogen and oxygen atoms in total. The Bertz CT molecular complexity index is 77.8. The number of carbonyl (C=O) groups is 1. The van der Waals surface area contributed by atoms with Crippen LogP contribution in [0.25, 0.3) is 0 Å². The molecule has 0 atom stereocenters. The van der Waals surface area contributed by atoms with Gasteiger partial charge in [0.15, 0.2) is 0 Å². The summed E-state index contributed by atoms with van der Waals surface area (Å²) in [6.45, 7) is 1.66. The van der Waals surface area contributed by atoms with E-state index in [1.165, 1.54) is 6.08 Å². The predicted molar refractivity (Wildman–Crippen MR) is 28.2 cm³/mol. The van der Waals surface area contributed by atoms with E-state index in [2.05, 4.69) is 0 Å². The fraction of sp³-hybridized carbons (Fsp3) is 0.250. The van der Waals surface area contributed by atoms with Crippen LogP contribution in [0.2, 0.25) is 0 Å². The van der Waals surface area contributed by atoms with Crippen LogP contribution in [0.5, 0.6) is 0 Å². The van der Waals surface area contributed by atoms with Crippen LogP contribution in [0.4, 0.5) is 0 Å². The van der Waals surface area contributed by atoms with E-state index in [0.717, 1.165) is 6.08 Å². The second-order valence-corrected chi connectivity index (χ2v) is 0.838. The van der Waals surface area contributed by atoms with Gasteiger partial charge in [0.05, 0.1) is 0 Å². The molecule has 0 aliphatic carbocycles. The fourth-order valence-electron chi connectivity index (χ4n) is 0.143. The first-order chi connectivity index (χ1) is 2.77. The second kappa shape index (κ2) is 5.81. The Morgan fingerprint density at radius 3 is 2.14 bits per heavy atom. The van der Waals surface area contributed by atoms with Gasteiger partial charge in [0.2, 0.25) is 0 Å². The molecule has 0 aliphatic rings. The Morgan fingerprint density at radius 2 is 2.14 bits per heavy atom. The van der Waals surface area contributed by atoms with Crippen molar-refractivity contribution in [1.82, 2.24) is 0 Å². The number of allylic oxidation sites excluding steroid dienone is 1. The van der Waals surface area contributed by atoms with Crippen molar-refractivity contribution in [2.45, 2.75) is 6.92 Å².